The van der Waals surface area contributed by atoms with Gasteiger partial charge in [0.1, 0.15) is 11.6 Å². The van der Waals surface area contributed by atoms with Crippen LogP contribution in [0.15, 0.2) is 36.4 Å². The van der Waals surface area contributed by atoms with Gasteiger partial charge in [-0.3, -0.25) is 5.41 Å². The zero-order valence-corrected chi connectivity index (χ0v) is 11.0. The first-order chi connectivity index (χ1) is 8.99. The Labute approximate surface area is 115 Å². The van der Waals surface area contributed by atoms with Crippen LogP contribution in [0.4, 0.5) is 4.39 Å². The van der Waals surface area contributed by atoms with Gasteiger partial charge in [-0.2, -0.15) is 0 Å². The summed E-state index contributed by atoms with van der Waals surface area (Å²) in [5.74, 6) is -0.452. The summed E-state index contributed by atoms with van der Waals surface area (Å²) in [6.45, 7) is 1.87. The maximum Gasteiger partial charge on any atom is 0.184 e. The molecule has 0 fully saturated rings. The van der Waals surface area contributed by atoms with Crippen LogP contribution < -0.4 is 10.5 Å². The fraction of sp³-hybridized carbons (Fsp3) is 0.0714. The third-order valence-corrected chi connectivity index (χ3v) is 2.86. The molecular weight excluding hydrogens is 267 g/mol. The Hall–Kier alpha value is -2.07. The monoisotopic (exact) mass is 278 g/mol. The van der Waals surface area contributed by atoms with Crippen LogP contribution in [-0.2, 0) is 0 Å². The molecule has 0 aliphatic rings. The smallest absolute Gasteiger partial charge is 0.184 e. The third kappa shape index (κ3) is 2.85. The van der Waals surface area contributed by atoms with E-state index in [0.717, 1.165) is 5.56 Å². The normalized spacial score (nSPS) is 10.3. The van der Waals surface area contributed by atoms with Gasteiger partial charge in [-0.1, -0.05) is 23.7 Å². The van der Waals surface area contributed by atoms with Crippen LogP contribution in [0.25, 0.3) is 0 Å². The Kier molecular flexibility index (Phi) is 3.71. The molecule has 0 aliphatic heterocycles. The fourth-order valence-electron chi connectivity index (χ4n) is 1.62. The molecule has 2 aromatic carbocycles. The Bertz CT molecular complexity index is 643. The fourth-order valence-corrected chi connectivity index (χ4v) is 1.78. The summed E-state index contributed by atoms with van der Waals surface area (Å²) in [5.41, 5.74) is 6.80. The van der Waals surface area contributed by atoms with Crippen molar-refractivity contribution in [1.82, 2.24) is 0 Å². The van der Waals surface area contributed by atoms with E-state index in [4.69, 9.17) is 27.5 Å². The van der Waals surface area contributed by atoms with Crippen molar-refractivity contribution in [1.29, 1.82) is 5.41 Å². The Morgan fingerprint density at radius 1 is 1.26 bits per heavy atom. The Balaban J connectivity index is 2.45. The molecule has 0 heterocycles. The minimum Gasteiger partial charge on any atom is -0.453 e. The van der Waals surface area contributed by atoms with Gasteiger partial charge in [0.05, 0.1) is 10.6 Å². The molecule has 0 aromatic heterocycles. The quantitative estimate of drug-likeness (QED) is 0.661. The lowest BCUT2D eigenvalue weighted by molar-refractivity contribution is 0.441. The summed E-state index contributed by atoms with van der Waals surface area (Å²) in [7, 11) is 0. The first-order valence-corrected chi connectivity index (χ1v) is 5.93. The van der Waals surface area contributed by atoms with Crippen LogP contribution in [0.5, 0.6) is 11.5 Å². The number of halogens is 2. The highest BCUT2D eigenvalue weighted by molar-refractivity contribution is 6.30. The van der Waals surface area contributed by atoms with E-state index in [2.05, 4.69) is 0 Å². The van der Waals surface area contributed by atoms with Crippen LogP contribution in [-0.4, -0.2) is 5.84 Å². The van der Waals surface area contributed by atoms with E-state index in [0.29, 0.717) is 11.3 Å². The molecular formula is C14H12ClFN2O. The molecule has 2 aromatic rings. The molecule has 2 rings (SSSR count). The average molecular weight is 279 g/mol. The first kappa shape index (κ1) is 13.4. The van der Waals surface area contributed by atoms with Crippen molar-refractivity contribution in [3.8, 4) is 11.5 Å². The van der Waals surface area contributed by atoms with Gasteiger partial charge in [0.15, 0.2) is 11.6 Å². The predicted octanol–water partition coefficient (Wildman–Crippen LogP) is 3.86. The molecule has 0 bridgehead atoms. The zero-order chi connectivity index (χ0) is 14.0. The predicted molar refractivity (Wildman–Crippen MR) is 73.7 cm³/mol. The molecule has 0 spiro atoms. The molecule has 0 radical (unpaired) electrons. The second-order valence-corrected chi connectivity index (χ2v) is 4.47. The number of hydrogen-bond acceptors (Lipinski definition) is 2. The molecule has 0 atom stereocenters. The maximum atomic E-state index is 13.8. The van der Waals surface area contributed by atoms with Crippen molar-refractivity contribution < 1.29 is 9.13 Å². The minimum atomic E-state index is -0.639. The molecule has 19 heavy (non-hydrogen) atoms. The molecule has 0 saturated heterocycles. The second-order valence-electron chi connectivity index (χ2n) is 4.07. The molecule has 0 unspecified atom stereocenters. The van der Waals surface area contributed by atoms with E-state index >= 15 is 0 Å². The standard InChI is InChI=1S/C14H12ClFN2O/c1-8-5-6-9(14(17)18)12(7-8)19-11-4-2-3-10(15)13(11)16/h2-7H,1H3,(H3,17,18). The van der Waals surface area contributed by atoms with E-state index in [-0.39, 0.29) is 16.6 Å². The molecule has 98 valence electrons. The van der Waals surface area contributed by atoms with Gasteiger partial charge in [-0.15, -0.1) is 0 Å². The summed E-state index contributed by atoms with van der Waals surface area (Å²) >= 11 is 5.69. The largest absolute Gasteiger partial charge is 0.453 e. The lowest BCUT2D eigenvalue weighted by atomic mass is 10.1. The van der Waals surface area contributed by atoms with Gasteiger partial charge in [-0.05, 0) is 36.8 Å². The highest BCUT2D eigenvalue weighted by Gasteiger charge is 2.12. The van der Waals surface area contributed by atoms with E-state index in [9.17, 15) is 4.39 Å². The molecule has 0 amide bonds. The summed E-state index contributed by atoms with van der Waals surface area (Å²) in [4.78, 5) is 0. The third-order valence-electron chi connectivity index (χ3n) is 2.56. The number of aryl methyl sites for hydroxylation is 1. The van der Waals surface area contributed by atoms with Gasteiger partial charge in [0.2, 0.25) is 0 Å². The van der Waals surface area contributed by atoms with Crippen molar-refractivity contribution in [3.05, 3.63) is 58.4 Å². The van der Waals surface area contributed by atoms with Crippen LogP contribution in [0, 0.1) is 18.2 Å². The van der Waals surface area contributed by atoms with Crippen molar-refractivity contribution in [3.63, 3.8) is 0 Å². The van der Waals surface area contributed by atoms with E-state index in [1.807, 2.05) is 6.92 Å². The topological polar surface area (TPSA) is 59.1 Å². The molecule has 3 N–H and O–H groups in total. The van der Waals surface area contributed by atoms with Gasteiger partial charge in [-0.25, -0.2) is 4.39 Å². The van der Waals surface area contributed by atoms with E-state index < -0.39 is 5.82 Å². The van der Waals surface area contributed by atoms with Crippen molar-refractivity contribution in [2.75, 3.05) is 0 Å². The summed E-state index contributed by atoms with van der Waals surface area (Å²) in [6, 6.07) is 9.65. The number of nitrogen functional groups attached to an aromatic ring is 1. The molecule has 5 heteroatoms. The van der Waals surface area contributed by atoms with Gasteiger partial charge < -0.3 is 10.5 Å². The van der Waals surface area contributed by atoms with E-state index in [1.54, 1.807) is 24.3 Å². The van der Waals surface area contributed by atoms with Crippen LogP contribution in [0.3, 0.4) is 0 Å². The highest BCUT2D eigenvalue weighted by Crippen LogP contribution is 2.31. The lowest BCUT2D eigenvalue weighted by Gasteiger charge is -2.12. The zero-order valence-electron chi connectivity index (χ0n) is 10.2. The van der Waals surface area contributed by atoms with Crippen molar-refractivity contribution >= 4 is 17.4 Å². The highest BCUT2D eigenvalue weighted by atomic mass is 35.5. The van der Waals surface area contributed by atoms with Crippen molar-refractivity contribution in [2.45, 2.75) is 6.92 Å². The molecule has 3 nitrogen and oxygen atoms in total. The Morgan fingerprint density at radius 3 is 2.68 bits per heavy atom. The number of nitrogens with one attached hydrogen (secondary N) is 1. The first-order valence-electron chi connectivity index (χ1n) is 5.56. The van der Waals surface area contributed by atoms with Gasteiger partial charge in [0.25, 0.3) is 0 Å². The number of rotatable bonds is 3. The number of nitrogens with two attached hydrogens (primary N) is 1. The summed E-state index contributed by atoms with van der Waals surface area (Å²) in [6.07, 6.45) is 0. The van der Waals surface area contributed by atoms with E-state index in [1.165, 1.54) is 12.1 Å². The maximum absolute atomic E-state index is 13.8. The average Bonchev–Trinajstić information content (AvgIpc) is 2.35. The number of hydrogen-bond donors (Lipinski definition) is 2. The number of amidine groups is 1. The Morgan fingerprint density at radius 2 is 2.00 bits per heavy atom. The van der Waals surface area contributed by atoms with Gasteiger partial charge in [0, 0.05) is 0 Å². The van der Waals surface area contributed by atoms with Crippen LogP contribution in [0.1, 0.15) is 11.1 Å². The molecule has 0 saturated carbocycles. The SMILES string of the molecule is Cc1ccc(C(=N)N)c(Oc2cccc(Cl)c2F)c1. The number of ether oxygens (including phenoxy) is 1. The van der Waals surface area contributed by atoms with Crippen LogP contribution >= 0.6 is 11.6 Å². The second kappa shape index (κ2) is 5.28. The minimum absolute atomic E-state index is 0.000556. The summed E-state index contributed by atoms with van der Waals surface area (Å²) in [5, 5.41) is 7.47. The van der Waals surface area contributed by atoms with Crippen molar-refractivity contribution in [2.24, 2.45) is 5.73 Å². The lowest BCUT2D eigenvalue weighted by Crippen LogP contribution is -2.12. The summed E-state index contributed by atoms with van der Waals surface area (Å²) < 4.78 is 19.3. The molecule has 0 aliphatic carbocycles. The van der Waals surface area contributed by atoms with Crippen LogP contribution in [0.2, 0.25) is 5.02 Å². The number of benzene rings is 2. The van der Waals surface area contributed by atoms with Gasteiger partial charge >= 0.3 is 0 Å².